The Morgan fingerprint density at radius 1 is 1.32 bits per heavy atom. The summed E-state index contributed by atoms with van der Waals surface area (Å²) in [5, 5.41) is 16.5. The average Bonchev–Trinajstić information content (AvgIpc) is 3.34. The van der Waals surface area contributed by atoms with Crippen molar-refractivity contribution in [1.29, 1.82) is 0 Å². The number of nitrogens with one attached hydrogen (secondary N) is 1. The van der Waals surface area contributed by atoms with Crippen LogP contribution in [0.2, 0.25) is 0 Å². The van der Waals surface area contributed by atoms with Gasteiger partial charge in [-0.25, -0.2) is 13.5 Å². The monoisotopic (exact) mass is 406 g/mol. The van der Waals surface area contributed by atoms with E-state index in [1.807, 2.05) is 6.26 Å². The molecule has 0 spiro atoms. The van der Waals surface area contributed by atoms with E-state index in [1.165, 1.54) is 16.9 Å². The highest BCUT2D eigenvalue weighted by molar-refractivity contribution is 7.98. The number of halogens is 2. The molecule has 0 bridgehead atoms. The molecule has 3 rings (SSSR count). The van der Waals surface area contributed by atoms with Crippen LogP contribution in [0.3, 0.4) is 0 Å². The van der Waals surface area contributed by atoms with Crippen molar-refractivity contribution >= 4 is 17.7 Å². The molecule has 0 aliphatic carbocycles. The van der Waals surface area contributed by atoms with Crippen molar-refractivity contribution in [2.75, 3.05) is 18.6 Å². The SMILES string of the molecule is CSCCC(CO)NC(=O)c1cnn(-c2ccc(F)cc2F)c1-n1cccc1. The van der Waals surface area contributed by atoms with E-state index in [9.17, 15) is 18.7 Å². The Kier molecular flexibility index (Phi) is 6.48. The van der Waals surface area contributed by atoms with Crippen LogP contribution in [0.1, 0.15) is 16.8 Å². The van der Waals surface area contributed by atoms with Crippen molar-refractivity contribution in [3.8, 4) is 11.5 Å². The van der Waals surface area contributed by atoms with Gasteiger partial charge in [0.2, 0.25) is 0 Å². The van der Waals surface area contributed by atoms with Crippen LogP contribution in [-0.2, 0) is 0 Å². The van der Waals surface area contributed by atoms with Crippen LogP contribution in [0.15, 0.2) is 48.9 Å². The molecule has 2 heterocycles. The van der Waals surface area contributed by atoms with Crippen molar-refractivity contribution in [2.24, 2.45) is 0 Å². The highest BCUT2D eigenvalue weighted by Crippen LogP contribution is 2.22. The number of carbonyl (C=O) groups excluding carboxylic acids is 1. The van der Waals surface area contributed by atoms with Gasteiger partial charge in [0.05, 0.1) is 18.8 Å². The largest absolute Gasteiger partial charge is 0.394 e. The highest BCUT2D eigenvalue weighted by Gasteiger charge is 2.23. The molecular formula is C19H20F2N4O2S. The maximum atomic E-state index is 14.3. The average molecular weight is 406 g/mol. The van der Waals surface area contributed by atoms with Crippen LogP contribution >= 0.6 is 11.8 Å². The summed E-state index contributed by atoms with van der Waals surface area (Å²) in [6.07, 6.45) is 7.28. The zero-order valence-electron chi connectivity index (χ0n) is 15.2. The maximum absolute atomic E-state index is 14.3. The van der Waals surface area contributed by atoms with E-state index in [0.717, 1.165) is 17.9 Å². The Bertz CT molecular complexity index is 944. The number of benzene rings is 1. The third kappa shape index (κ3) is 4.26. The fourth-order valence-corrected chi connectivity index (χ4v) is 3.31. The maximum Gasteiger partial charge on any atom is 0.257 e. The minimum atomic E-state index is -0.795. The molecule has 148 valence electrons. The molecule has 1 unspecified atom stereocenters. The number of hydrogen-bond acceptors (Lipinski definition) is 4. The zero-order valence-corrected chi connectivity index (χ0v) is 16.0. The number of aliphatic hydroxyl groups is 1. The summed E-state index contributed by atoms with van der Waals surface area (Å²) in [6, 6.07) is 6.28. The highest BCUT2D eigenvalue weighted by atomic mass is 32.2. The lowest BCUT2D eigenvalue weighted by Gasteiger charge is -2.16. The van der Waals surface area contributed by atoms with E-state index in [0.29, 0.717) is 12.2 Å². The van der Waals surface area contributed by atoms with E-state index >= 15 is 0 Å². The summed E-state index contributed by atoms with van der Waals surface area (Å²) >= 11 is 1.62. The quantitative estimate of drug-likeness (QED) is 0.604. The van der Waals surface area contributed by atoms with Crippen LogP contribution in [0.5, 0.6) is 0 Å². The van der Waals surface area contributed by atoms with Gasteiger partial charge in [0, 0.05) is 18.5 Å². The molecule has 0 aliphatic rings. The van der Waals surface area contributed by atoms with E-state index in [1.54, 1.807) is 40.9 Å². The second-order valence-corrected chi connectivity index (χ2v) is 7.10. The van der Waals surface area contributed by atoms with Gasteiger partial charge in [0.15, 0.2) is 11.6 Å². The normalized spacial score (nSPS) is 12.1. The Morgan fingerprint density at radius 3 is 2.71 bits per heavy atom. The van der Waals surface area contributed by atoms with E-state index in [4.69, 9.17) is 0 Å². The summed E-state index contributed by atoms with van der Waals surface area (Å²) in [6.45, 7) is -0.189. The third-order valence-corrected chi connectivity index (χ3v) is 4.85. The first-order valence-electron chi connectivity index (χ1n) is 8.62. The van der Waals surface area contributed by atoms with Gasteiger partial charge in [-0.3, -0.25) is 4.79 Å². The number of aliphatic hydroxyl groups excluding tert-OH is 1. The second kappa shape index (κ2) is 9.03. The minimum Gasteiger partial charge on any atom is -0.394 e. The Balaban J connectivity index is 2.01. The summed E-state index contributed by atoms with van der Waals surface area (Å²) in [5.74, 6) is -0.826. The van der Waals surface area contributed by atoms with Crippen molar-refractivity contribution < 1.29 is 18.7 Å². The van der Waals surface area contributed by atoms with Gasteiger partial charge < -0.3 is 15.0 Å². The zero-order chi connectivity index (χ0) is 20.1. The van der Waals surface area contributed by atoms with Crippen LogP contribution in [0, 0.1) is 11.6 Å². The molecule has 1 atom stereocenters. The summed E-state index contributed by atoms with van der Waals surface area (Å²) in [4.78, 5) is 12.8. The van der Waals surface area contributed by atoms with Crippen LogP contribution in [0.4, 0.5) is 8.78 Å². The fourth-order valence-electron chi connectivity index (χ4n) is 2.79. The number of amides is 1. The number of hydrogen-bond donors (Lipinski definition) is 2. The molecule has 1 aromatic carbocycles. The number of aromatic nitrogens is 3. The van der Waals surface area contributed by atoms with E-state index in [2.05, 4.69) is 10.4 Å². The fraction of sp³-hybridized carbons (Fsp3) is 0.263. The number of thioether (sulfide) groups is 1. The predicted octanol–water partition coefficient (Wildman–Crippen LogP) is 2.79. The summed E-state index contributed by atoms with van der Waals surface area (Å²) < 4.78 is 30.5. The molecule has 0 aliphatic heterocycles. The molecule has 0 saturated heterocycles. The van der Waals surface area contributed by atoms with Crippen molar-refractivity contribution in [2.45, 2.75) is 12.5 Å². The van der Waals surface area contributed by atoms with E-state index < -0.39 is 23.6 Å². The number of rotatable bonds is 8. The first-order chi connectivity index (χ1) is 13.5. The third-order valence-electron chi connectivity index (χ3n) is 4.20. The molecule has 1 amide bonds. The first kappa shape index (κ1) is 20.1. The molecule has 9 heteroatoms. The topological polar surface area (TPSA) is 72.1 Å². The van der Waals surface area contributed by atoms with Crippen LogP contribution in [-0.4, -0.2) is 50.0 Å². The first-order valence-corrected chi connectivity index (χ1v) is 10.0. The molecule has 0 fully saturated rings. The van der Waals surface area contributed by atoms with E-state index in [-0.39, 0.29) is 17.9 Å². The Labute approximate surface area is 165 Å². The molecule has 6 nitrogen and oxygen atoms in total. The lowest BCUT2D eigenvalue weighted by atomic mass is 10.2. The molecule has 0 radical (unpaired) electrons. The molecule has 2 aromatic heterocycles. The van der Waals surface area contributed by atoms with Crippen molar-refractivity contribution in [3.05, 3.63) is 66.1 Å². The van der Waals surface area contributed by atoms with Gasteiger partial charge in [-0.1, -0.05) is 0 Å². The minimum absolute atomic E-state index is 0.0187. The van der Waals surface area contributed by atoms with Crippen molar-refractivity contribution in [1.82, 2.24) is 19.7 Å². The molecular weight excluding hydrogens is 386 g/mol. The molecule has 28 heavy (non-hydrogen) atoms. The summed E-state index contributed by atoms with van der Waals surface area (Å²) in [7, 11) is 0. The molecule has 3 aromatic rings. The molecule has 2 N–H and O–H groups in total. The van der Waals surface area contributed by atoms with Gasteiger partial charge in [-0.15, -0.1) is 0 Å². The van der Waals surface area contributed by atoms with Gasteiger partial charge in [-0.05, 0) is 42.7 Å². The van der Waals surface area contributed by atoms with Gasteiger partial charge in [0.1, 0.15) is 17.1 Å². The predicted molar refractivity (Wildman–Crippen MR) is 104 cm³/mol. The van der Waals surface area contributed by atoms with Crippen LogP contribution < -0.4 is 5.32 Å². The smallest absolute Gasteiger partial charge is 0.257 e. The Morgan fingerprint density at radius 2 is 2.07 bits per heavy atom. The summed E-state index contributed by atoms with van der Waals surface area (Å²) in [5.41, 5.74) is 0.229. The lowest BCUT2D eigenvalue weighted by molar-refractivity contribution is 0.0915. The lowest BCUT2D eigenvalue weighted by Crippen LogP contribution is -2.38. The van der Waals surface area contributed by atoms with Crippen LogP contribution in [0.25, 0.3) is 11.5 Å². The number of carbonyl (C=O) groups is 1. The standard InChI is InChI=1S/C19H20F2N4O2S/c1-28-9-6-14(12-26)23-18(27)15-11-22-25(19(15)24-7-2-3-8-24)17-5-4-13(20)10-16(17)21/h2-5,7-8,10-11,14,26H,6,9,12H2,1H3,(H,23,27). The Hall–Kier alpha value is -2.65. The second-order valence-electron chi connectivity index (χ2n) is 6.11. The molecule has 0 saturated carbocycles. The van der Waals surface area contributed by atoms with Gasteiger partial charge in [-0.2, -0.15) is 16.9 Å². The van der Waals surface area contributed by atoms with Crippen molar-refractivity contribution in [3.63, 3.8) is 0 Å². The number of nitrogens with zero attached hydrogens (tertiary/aromatic N) is 3. The van der Waals surface area contributed by atoms with Gasteiger partial charge >= 0.3 is 0 Å². The van der Waals surface area contributed by atoms with Gasteiger partial charge in [0.25, 0.3) is 5.91 Å².